The van der Waals surface area contributed by atoms with Crippen LogP contribution in [0.4, 0.5) is 5.69 Å². The third-order valence-electron chi connectivity index (χ3n) is 5.89. The molecule has 36 heavy (non-hydrogen) atoms. The minimum absolute atomic E-state index is 0.0822. The molecule has 0 heterocycles. The second-order valence-corrected chi connectivity index (χ2v) is 10.9. The molecular formula is C29H27ClN2O3S. The van der Waals surface area contributed by atoms with E-state index in [2.05, 4.69) is 5.32 Å². The van der Waals surface area contributed by atoms with Gasteiger partial charge in [-0.05, 0) is 67.4 Å². The highest BCUT2D eigenvalue weighted by molar-refractivity contribution is 7.92. The zero-order chi connectivity index (χ0) is 25.7. The van der Waals surface area contributed by atoms with Gasteiger partial charge >= 0.3 is 0 Å². The Bertz CT molecular complexity index is 1440. The smallest absolute Gasteiger partial charge is 0.264 e. The van der Waals surface area contributed by atoms with Gasteiger partial charge in [0.05, 0.1) is 23.2 Å². The van der Waals surface area contributed by atoms with E-state index in [9.17, 15) is 13.2 Å². The van der Waals surface area contributed by atoms with Gasteiger partial charge in [0.2, 0.25) is 0 Å². The monoisotopic (exact) mass is 518 g/mol. The van der Waals surface area contributed by atoms with E-state index in [1.165, 1.54) is 4.31 Å². The minimum Gasteiger partial charge on any atom is -0.346 e. The van der Waals surface area contributed by atoms with E-state index >= 15 is 0 Å². The molecule has 0 saturated carbocycles. The first-order chi connectivity index (χ1) is 17.2. The molecule has 5 nitrogen and oxygen atoms in total. The molecule has 1 N–H and O–H groups in total. The van der Waals surface area contributed by atoms with E-state index in [1.54, 1.807) is 72.8 Å². The number of halogens is 1. The number of benzene rings is 4. The second-order valence-electron chi connectivity index (χ2n) is 8.61. The Labute approximate surface area is 217 Å². The molecule has 1 amide bonds. The number of anilines is 1. The molecule has 0 fully saturated rings. The molecular weight excluding hydrogens is 492 g/mol. The van der Waals surface area contributed by atoms with Crippen molar-refractivity contribution in [1.82, 2.24) is 5.32 Å². The topological polar surface area (TPSA) is 66.5 Å². The number of hydrogen-bond donors (Lipinski definition) is 1. The molecule has 0 saturated heterocycles. The molecule has 4 rings (SSSR count). The van der Waals surface area contributed by atoms with Gasteiger partial charge in [0.1, 0.15) is 0 Å². The maximum atomic E-state index is 13.6. The largest absolute Gasteiger partial charge is 0.346 e. The van der Waals surface area contributed by atoms with E-state index < -0.39 is 10.0 Å². The highest BCUT2D eigenvalue weighted by Gasteiger charge is 2.25. The Morgan fingerprint density at radius 2 is 1.56 bits per heavy atom. The number of hydrogen-bond acceptors (Lipinski definition) is 3. The Kier molecular flexibility index (Phi) is 7.77. The molecule has 0 radical (unpaired) electrons. The lowest BCUT2D eigenvalue weighted by molar-refractivity contribution is 0.0940. The lowest BCUT2D eigenvalue weighted by Gasteiger charge is -2.25. The summed E-state index contributed by atoms with van der Waals surface area (Å²) < 4.78 is 28.5. The first kappa shape index (κ1) is 25.5. The van der Waals surface area contributed by atoms with Crippen molar-refractivity contribution in [3.05, 3.63) is 130 Å². The van der Waals surface area contributed by atoms with E-state index in [-0.39, 0.29) is 23.4 Å². The van der Waals surface area contributed by atoms with Crippen molar-refractivity contribution in [2.24, 2.45) is 0 Å². The fraction of sp³-hybridized carbons (Fsp3) is 0.138. The van der Waals surface area contributed by atoms with Gasteiger partial charge in [-0.2, -0.15) is 0 Å². The van der Waals surface area contributed by atoms with Crippen LogP contribution in [0.2, 0.25) is 5.02 Å². The number of nitrogens with one attached hydrogen (secondary N) is 1. The van der Waals surface area contributed by atoms with E-state index in [0.29, 0.717) is 16.3 Å². The van der Waals surface area contributed by atoms with Crippen LogP contribution >= 0.6 is 11.6 Å². The number of carbonyl (C=O) groups is 1. The SMILES string of the molecule is Cc1ccc(S(=O)(=O)N(Cc2ccc(C(=O)N[C@@H](C)c3ccccc3)cc2)c2cccc(Cl)c2)cc1. The lowest BCUT2D eigenvalue weighted by atomic mass is 10.1. The van der Waals surface area contributed by atoms with Crippen LogP contribution in [0.25, 0.3) is 0 Å². The highest BCUT2D eigenvalue weighted by atomic mass is 35.5. The molecule has 0 aromatic heterocycles. The highest BCUT2D eigenvalue weighted by Crippen LogP contribution is 2.28. The quantitative estimate of drug-likeness (QED) is 0.288. The van der Waals surface area contributed by atoms with Crippen molar-refractivity contribution >= 4 is 33.2 Å². The predicted molar refractivity (Wildman–Crippen MR) is 145 cm³/mol. The van der Waals surface area contributed by atoms with Gasteiger partial charge in [0.15, 0.2) is 0 Å². The van der Waals surface area contributed by atoms with Crippen molar-refractivity contribution < 1.29 is 13.2 Å². The van der Waals surface area contributed by atoms with E-state index in [1.807, 2.05) is 44.2 Å². The minimum atomic E-state index is -3.86. The Morgan fingerprint density at radius 3 is 2.19 bits per heavy atom. The summed E-state index contributed by atoms with van der Waals surface area (Å²) >= 11 is 6.18. The van der Waals surface area contributed by atoms with Crippen LogP contribution in [0.3, 0.4) is 0 Å². The van der Waals surface area contributed by atoms with E-state index in [4.69, 9.17) is 11.6 Å². The van der Waals surface area contributed by atoms with Crippen molar-refractivity contribution in [1.29, 1.82) is 0 Å². The summed E-state index contributed by atoms with van der Waals surface area (Å²) in [6, 6.07) is 30.0. The summed E-state index contributed by atoms with van der Waals surface area (Å²) in [6.07, 6.45) is 0. The summed E-state index contributed by atoms with van der Waals surface area (Å²) in [5, 5.41) is 3.44. The first-order valence-electron chi connectivity index (χ1n) is 11.5. The predicted octanol–water partition coefficient (Wildman–Crippen LogP) is 6.53. The average Bonchev–Trinajstić information content (AvgIpc) is 2.88. The van der Waals surface area contributed by atoms with Gasteiger partial charge in [-0.15, -0.1) is 0 Å². The van der Waals surface area contributed by atoms with Gasteiger partial charge < -0.3 is 5.32 Å². The Hall–Kier alpha value is -3.61. The standard InChI is InChI=1S/C29H27ClN2O3S/c1-21-11-17-28(18-12-21)36(34,35)32(27-10-6-9-26(30)19-27)20-23-13-15-25(16-14-23)29(33)31-22(2)24-7-4-3-5-8-24/h3-19,22H,20H2,1-2H3,(H,31,33)/t22-/m0/s1. The van der Waals surface area contributed by atoms with Crippen LogP contribution < -0.4 is 9.62 Å². The zero-order valence-electron chi connectivity index (χ0n) is 20.1. The first-order valence-corrected chi connectivity index (χ1v) is 13.4. The second kappa shape index (κ2) is 11.0. The lowest BCUT2D eigenvalue weighted by Crippen LogP contribution is -2.30. The van der Waals surface area contributed by atoms with Crippen LogP contribution in [0.1, 0.15) is 40.0 Å². The number of amides is 1. The van der Waals surface area contributed by atoms with Gasteiger partial charge in [-0.1, -0.05) is 77.8 Å². The molecule has 1 atom stereocenters. The fourth-order valence-electron chi connectivity index (χ4n) is 3.82. The molecule has 0 unspecified atom stereocenters. The van der Waals surface area contributed by atoms with Gasteiger partial charge in [-0.25, -0.2) is 8.42 Å². The Morgan fingerprint density at radius 1 is 0.889 bits per heavy atom. The maximum absolute atomic E-state index is 13.6. The van der Waals surface area contributed by atoms with E-state index in [0.717, 1.165) is 16.7 Å². The number of aryl methyl sites for hydroxylation is 1. The number of carbonyl (C=O) groups excluding carboxylic acids is 1. The number of sulfonamides is 1. The van der Waals surface area contributed by atoms with Gasteiger partial charge in [0, 0.05) is 10.6 Å². The molecule has 0 aliphatic carbocycles. The molecule has 0 bridgehead atoms. The third-order valence-corrected chi connectivity index (χ3v) is 7.92. The molecule has 7 heteroatoms. The summed E-state index contributed by atoms with van der Waals surface area (Å²) in [5.74, 6) is -0.197. The van der Waals surface area contributed by atoms with Crippen molar-refractivity contribution in [3.8, 4) is 0 Å². The summed E-state index contributed by atoms with van der Waals surface area (Å²) in [4.78, 5) is 13.0. The summed E-state index contributed by atoms with van der Waals surface area (Å²) in [7, 11) is -3.86. The number of nitrogens with zero attached hydrogens (tertiary/aromatic N) is 1. The normalized spacial score (nSPS) is 12.1. The summed E-state index contributed by atoms with van der Waals surface area (Å²) in [5.41, 5.74) is 3.68. The molecule has 4 aromatic carbocycles. The van der Waals surface area contributed by atoms with Crippen molar-refractivity contribution in [2.45, 2.75) is 31.3 Å². The van der Waals surface area contributed by atoms with Crippen molar-refractivity contribution in [3.63, 3.8) is 0 Å². The van der Waals surface area contributed by atoms with Crippen molar-refractivity contribution in [2.75, 3.05) is 4.31 Å². The molecule has 4 aromatic rings. The van der Waals surface area contributed by atoms with Crippen LogP contribution in [0.5, 0.6) is 0 Å². The molecule has 0 aliphatic rings. The van der Waals surface area contributed by atoms with Crippen LogP contribution in [-0.2, 0) is 16.6 Å². The maximum Gasteiger partial charge on any atom is 0.264 e. The van der Waals surface area contributed by atoms with Crippen LogP contribution in [-0.4, -0.2) is 14.3 Å². The molecule has 184 valence electrons. The average molecular weight is 519 g/mol. The molecule has 0 spiro atoms. The molecule has 0 aliphatic heterocycles. The van der Waals surface area contributed by atoms with Crippen LogP contribution in [0, 0.1) is 6.92 Å². The fourth-order valence-corrected chi connectivity index (χ4v) is 5.45. The van der Waals surface area contributed by atoms with Gasteiger partial charge in [-0.3, -0.25) is 9.10 Å². The zero-order valence-corrected chi connectivity index (χ0v) is 21.6. The summed E-state index contributed by atoms with van der Waals surface area (Å²) in [6.45, 7) is 3.92. The van der Waals surface area contributed by atoms with Crippen LogP contribution in [0.15, 0.2) is 108 Å². The number of rotatable bonds is 8. The Balaban J connectivity index is 1.57. The van der Waals surface area contributed by atoms with Gasteiger partial charge in [0.25, 0.3) is 15.9 Å². The third kappa shape index (κ3) is 5.96.